The van der Waals surface area contributed by atoms with E-state index in [0.29, 0.717) is 16.6 Å². The SMILES string of the molecule is CC(C)CCN(C)C(=O)c1sc(N2CCCCC2)nc1N. The first kappa shape index (κ1) is 16.1. The van der Waals surface area contributed by atoms with Crippen LogP contribution in [0.1, 0.15) is 49.2 Å². The molecule has 0 spiro atoms. The molecule has 0 radical (unpaired) electrons. The van der Waals surface area contributed by atoms with Crippen molar-refractivity contribution in [2.75, 3.05) is 37.3 Å². The highest BCUT2D eigenvalue weighted by molar-refractivity contribution is 7.18. The van der Waals surface area contributed by atoms with Gasteiger partial charge in [-0.05, 0) is 31.6 Å². The predicted molar refractivity (Wildman–Crippen MR) is 89.0 cm³/mol. The van der Waals surface area contributed by atoms with Crippen LogP contribution in [0.4, 0.5) is 10.9 Å². The van der Waals surface area contributed by atoms with Gasteiger partial charge < -0.3 is 15.5 Å². The molecule has 2 heterocycles. The first-order valence-electron chi connectivity index (χ1n) is 7.75. The largest absolute Gasteiger partial charge is 0.382 e. The number of amides is 1. The summed E-state index contributed by atoms with van der Waals surface area (Å²) in [7, 11) is 1.84. The lowest BCUT2D eigenvalue weighted by Crippen LogP contribution is -2.29. The van der Waals surface area contributed by atoms with Crippen LogP contribution in [0.2, 0.25) is 0 Å². The van der Waals surface area contributed by atoms with Crippen LogP contribution in [0.3, 0.4) is 0 Å². The van der Waals surface area contributed by atoms with E-state index in [1.165, 1.54) is 30.6 Å². The van der Waals surface area contributed by atoms with Crippen molar-refractivity contribution in [1.82, 2.24) is 9.88 Å². The van der Waals surface area contributed by atoms with Crippen molar-refractivity contribution in [2.45, 2.75) is 39.5 Å². The van der Waals surface area contributed by atoms with Gasteiger partial charge in [-0.3, -0.25) is 4.79 Å². The van der Waals surface area contributed by atoms with Gasteiger partial charge >= 0.3 is 0 Å². The van der Waals surface area contributed by atoms with E-state index < -0.39 is 0 Å². The Morgan fingerprint density at radius 2 is 2.05 bits per heavy atom. The van der Waals surface area contributed by atoms with Gasteiger partial charge in [0.15, 0.2) is 5.13 Å². The van der Waals surface area contributed by atoms with Crippen molar-refractivity contribution in [2.24, 2.45) is 5.92 Å². The molecule has 1 aliphatic heterocycles. The third-order valence-electron chi connectivity index (χ3n) is 3.85. The summed E-state index contributed by atoms with van der Waals surface area (Å²) in [6, 6.07) is 0. The average molecular weight is 310 g/mol. The van der Waals surface area contributed by atoms with Crippen LogP contribution in [-0.2, 0) is 0 Å². The molecule has 1 amide bonds. The van der Waals surface area contributed by atoms with Gasteiger partial charge in [0, 0.05) is 26.7 Å². The number of rotatable bonds is 5. The summed E-state index contributed by atoms with van der Waals surface area (Å²) in [4.78, 5) is 21.5. The van der Waals surface area contributed by atoms with Crippen LogP contribution in [0, 0.1) is 5.92 Å². The van der Waals surface area contributed by atoms with E-state index >= 15 is 0 Å². The Kier molecular flexibility index (Phi) is 5.45. The molecular formula is C15H26N4OS. The molecule has 0 bridgehead atoms. The molecule has 2 rings (SSSR count). The molecule has 0 saturated carbocycles. The second-order valence-corrected chi connectivity index (χ2v) is 7.15. The van der Waals surface area contributed by atoms with Crippen LogP contribution in [0.5, 0.6) is 0 Å². The third-order valence-corrected chi connectivity index (χ3v) is 4.97. The molecule has 5 nitrogen and oxygen atoms in total. The molecular weight excluding hydrogens is 284 g/mol. The average Bonchev–Trinajstić information content (AvgIpc) is 2.86. The highest BCUT2D eigenvalue weighted by Crippen LogP contribution is 2.30. The van der Waals surface area contributed by atoms with E-state index in [4.69, 9.17) is 5.73 Å². The number of nitrogen functional groups attached to an aromatic ring is 1. The molecule has 0 atom stereocenters. The van der Waals surface area contributed by atoms with Crippen LogP contribution in [-0.4, -0.2) is 42.5 Å². The second-order valence-electron chi connectivity index (χ2n) is 6.17. The van der Waals surface area contributed by atoms with Gasteiger partial charge in [0.1, 0.15) is 10.7 Å². The van der Waals surface area contributed by atoms with E-state index in [0.717, 1.165) is 31.2 Å². The Morgan fingerprint density at radius 3 is 2.67 bits per heavy atom. The highest BCUT2D eigenvalue weighted by atomic mass is 32.1. The number of hydrogen-bond acceptors (Lipinski definition) is 5. The summed E-state index contributed by atoms with van der Waals surface area (Å²) in [5.74, 6) is 0.957. The zero-order valence-electron chi connectivity index (χ0n) is 13.3. The maximum Gasteiger partial charge on any atom is 0.267 e. The fraction of sp³-hybridized carbons (Fsp3) is 0.733. The van der Waals surface area contributed by atoms with Crippen molar-refractivity contribution in [3.63, 3.8) is 0 Å². The molecule has 1 aliphatic rings. The minimum atomic E-state index is -0.00564. The molecule has 1 aromatic heterocycles. The summed E-state index contributed by atoms with van der Waals surface area (Å²) in [5.41, 5.74) is 5.97. The van der Waals surface area contributed by atoms with Crippen LogP contribution < -0.4 is 10.6 Å². The van der Waals surface area contributed by atoms with Gasteiger partial charge in [-0.15, -0.1) is 0 Å². The molecule has 0 unspecified atom stereocenters. The third kappa shape index (κ3) is 4.09. The Morgan fingerprint density at radius 1 is 1.38 bits per heavy atom. The fourth-order valence-electron chi connectivity index (χ4n) is 2.42. The van der Waals surface area contributed by atoms with Gasteiger partial charge in [-0.25, -0.2) is 4.98 Å². The van der Waals surface area contributed by atoms with E-state index in [9.17, 15) is 4.79 Å². The fourth-order valence-corrected chi connectivity index (χ4v) is 3.45. The minimum Gasteiger partial charge on any atom is -0.382 e. The number of anilines is 2. The maximum atomic E-state index is 12.5. The Bertz CT molecular complexity index is 480. The number of carbonyl (C=O) groups excluding carboxylic acids is 1. The Balaban J connectivity index is 2.05. The van der Waals surface area contributed by atoms with Crippen molar-refractivity contribution in [3.8, 4) is 0 Å². The smallest absolute Gasteiger partial charge is 0.267 e. The van der Waals surface area contributed by atoms with Gasteiger partial charge in [-0.1, -0.05) is 25.2 Å². The number of hydrogen-bond donors (Lipinski definition) is 1. The van der Waals surface area contributed by atoms with Crippen molar-refractivity contribution < 1.29 is 4.79 Å². The molecule has 0 aromatic carbocycles. The summed E-state index contributed by atoms with van der Waals surface area (Å²) in [5, 5.41) is 0.896. The van der Waals surface area contributed by atoms with Gasteiger partial charge in [-0.2, -0.15) is 0 Å². The lowest BCUT2D eigenvalue weighted by atomic mass is 10.1. The first-order chi connectivity index (χ1) is 9.99. The molecule has 1 saturated heterocycles. The summed E-state index contributed by atoms with van der Waals surface area (Å²) >= 11 is 1.44. The zero-order chi connectivity index (χ0) is 15.4. The number of nitrogens with zero attached hydrogens (tertiary/aromatic N) is 3. The van der Waals surface area contributed by atoms with Gasteiger partial charge in [0.05, 0.1) is 0 Å². The topological polar surface area (TPSA) is 62.5 Å². The Labute approximate surface area is 131 Å². The lowest BCUT2D eigenvalue weighted by Gasteiger charge is -2.25. The molecule has 118 valence electrons. The molecule has 1 fully saturated rings. The first-order valence-corrected chi connectivity index (χ1v) is 8.57. The van der Waals surface area contributed by atoms with Crippen molar-refractivity contribution in [3.05, 3.63) is 4.88 Å². The number of thiazole rings is 1. The van der Waals surface area contributed by atoms with Gasteiger partial charge in [0.2, 0.25) is 0 Å². The van der Waals surface area contributed by atoms with E-state index in [1.807, 2.05) is 7.05 Å². The van der Waals surface area contributed by atoms with Crippen LogP contribution in [0.15, 0.2) is 0 Å². The number of piperidine rings is 1. The molecule has 6 heteroatoms. The van der Waals surface area contributed by atoms with Crippen LogP contribution in [0.25, 0.3) is 0 Å². The van der Waals surface area contributed by atoms with Crippen molar-refractivity contribution >= 4 is 28.2 Å². The number of carbonyl (C=O) groups is 1. The van der Waals surface area contributed by atoms with Crippen molar-refractivity contribution in [1.29, 1.82) is 0 Å². The monoisotopic (exact) mass is 310 g/mol. The standard InChI is InChI=1S/C15H26N4OS/c1-11(2)7-10-18(3)14(20)12-13(16)17-15(21-12)19-8-5-4-6-9-19/h11H,4-10,16H2,1-3H3. The van der Waals surface area contributed by atoms with E-state index in [2.05, 4.69) is 23.7 Å². The second kappa shape index (κ2) is 7.11. The lowest BCUT2D eigenvalue weighted by molar-refractivity contribution is 0.0794. The van der Waals surface area contributed by atoms with E-state index in [-0.39, 0.29) is 5.91 Å². The maximum absolute atomic E-state index is 12.5. The normalized spacial score (nSPS) is 15.5. The Hall–Kier alpha value is -1.30. The highest BCUT2D eigenvalue weighted by Gasteiger charge is 2.23. The quantitative estimate of drug-likeness (QED) is 0.908. The van der Waals surface area contributed by atoms with Gasteiger partial charge in [0.25, 0.3) is 5.91 Å². The molecule has 0 aliphatic carbocycles. The zero-order valence-corrected chi connectivity index (χ0v) is 14.1. The number of aromatic nitrogens is 1. The van der Waals surface area contributed by atoms with Crippen LogP contribution >= 0.6 is 11.3 Å². The predicted octanol–water partition coefficient (Wildman–Crippen LogP) is 2.83. The summed E-state index contributed by atoms with van der Waals surface area (Å²) in [6.07, 6.45) is 4.66. The van der Waals surface area contributed by atoms with E-state index in [1.54, 1.807) is 4.90 Å². The molecule has 21 heavy (non-hydrogen) atoms. The number of nitrogens with two attached hydrogens (primary N) is 1. The molecule has 2 N–H and O–H groups in total. The minimum absolute atomic E-state index is 0.00564. The summed E-state index contributed by atoms with van der Waals surface area (Å²) in [6.45, 7) is 7.11. The summed E-state index contributed by atoms with van der Waals surface area (Å²) < 4.78 is 0. The molecule has 1 aromatic rings.